The van der Waals surface area contributed by atoms with Crippen molar-refractivity contribution < 1.29 is 0 Å². The van der Waals surface area contributed by atoms with E-state index in [1.54, 1.807) is 0 Å². The summed E-state index contributed by atoms with van der Waals surface area (Å²) in [5.74, 6) is 0.807. The molecule has 72 valence electrons. The van der Waals surface area contributed by atoms with Gasteiger partial charge in [-0.05, 0) is 26.3 Å². The topological polar surface area (TPSA) is 15.3 Å². The van der Waals surface area contributed by atoms with Gasteiger partial charge in [0.2, 0.25) is 0 Å². The van der Waals surface area contributed by atoms with Crippen LogP contribution in [0.3, 0.4) is 0 Å². The fourth-order valence-electron chi connectivity index (χ4n) is 2.14. The molecule has 1 saturated heterocycles. The normalized spacial score (nSPS) is 32.8. The SMILES string of the molecule is CC(C)C[C@@H]1CN(C)CC(C)N1. The number of hydrogen-bond donors (Lipinski definition) is 1. The largest absolute Gasteiger partial charge is 0.309 e. The van der Waals surface area contributed by atoms with Crippen molar-refractivity contribution in [3.63, 3.8) is 0 Å². The number of nitrogens with one attached hydrogen (secondary N) is 1. The second-order valence-electron chi connectivity index (χ2n) is 4.62. The Labute approximate surface area is 76.3 Å². The first kappa shape index (κ1) is 10.0. The van der Waals surface area contributed by atoms with Gasteiger partial charge in [-0.3, -0.25) is 0 Å². The van der Waals surface area contributed by atoms with Crippen LogP contribution in [0.2, 0.25) is 0 Å². The van der Waals surface area contributed by atoms with Crippen LogP contribution in [0, 0.1) is 5.92 Å². The number of piperazine rings is 1. The van der Waals surface area contributed by atoms with Crippen molar-refractivity contribution in [2.24, 2.45) is 5.92 Å². The van der Waals surface area contributed by atoms with Crippen LogP contribution in [0.1, 0.15) is 27.2 Å². The van der Waals surface area contributed by atoms with Crippen molar-refractivity contribution in [3.8, 4) is 0 Å². The zero-order valence-corrected chi connectivity index (χ0v) is 8.80. The Kier molecular flexibility index (Phi) is 3.53. The van der Waals surface area contributed by atoms with E-state index in [0.717, 1.165) is 5.92 Å². The smallest absolute Gasteiger partial charge is 0.0200 e. The lowest BCUT2D eigenvalue weighted by molar-refractivity contribution is 0.184. The van der Waals surface area contributed by atoms with Gasteiger partial charge >= 0.3 is 0 Å². The van der Waals surface area contributed by atoms with Gasteiger partial charge in [-0.1, -0.05) is 13.8 Å². The van der Waals surface area contributed by atoms with Crippen LogP contribution in [-0.2, 0) is 0 Å². The number of hydrogen-bond acceptors (Lipinski definition) is 2. The lowest BCUT2D eigenvalue weighted by Gasteiger charge is -2.36. The molecule has 12 heavy (non-hydrogen) atoms. The summed E-state index contributed by atoms with van der Waals surface area (Å²) in [4.78, 5) is 2.42. The minimum atomic E-state index is 0.660. The zero-order valence-electron chi connectivity index (χ0n) is 8.80. The van der Waals surface area contributed by atoms with Crippen molar-refractivity contribution in [2.45, 2.75) is 39.3 Å². The van der Waals surface area contributed by atoms with Crippen molar-refractivity contribution in [1.29, 1.82) is 0 Å². The fraction of sp³-hybridized carbons (Fsp3) is 1.00. The van der Waals surface area contributed by atoms with E-state index in [1.165, 1.54) is 19.5 Å². The first-order valence-electron chi connectivity index (χ1n) is 5.02. The third-order valence-electron chi connectivity index (χ3n) is 2.39. The van der Waals surface area contributed by atoms with Gasteiger partial charge in [-0.15, -0.1) is 0 Å². The molecule has 0 aliphatic carbocycles. The van der Waals surface area contributed by atoms with Crippen molar-refractivity contribution in [2.75, 3.05) is 20.1 Å². The Balaban J connectivity index is 2.34. The van der Waals surface area contributed by atoms with Crippen LogP contribution >= 0.6 is 0 Å². The van der Waals surface area contributed by atoms with Crippen LogP contribution in [-0.4, -0.2) is 37.1 Å². The van der Waals surface area contributed by atoms with Gasteiger partial charge in [0.05, 0.1) is 0 Å². The molecule has 1 heterocycles. The molecule has 0 aromatic carbocycles. The highest BCUT2D eigenvalue weighted by Crippen LogP contribution is 2.10. The summed E-state index contributed by atoms with van der Waals surface area (Å²) >= 11 is 0. The summed E-state index contributed by atoms with van der Waals surface area (Å²) < 4.78 is 0. The Morgan fingerprint density at radius 2 is 2.08 bits per heavy atom. The highest BCUT2D eigenvalue weighted by atomic mass is 15.2. The third-order valence-corrected chi connectivity index (χ3v) is 2.39. The van der Waals surface area contributed by atoms with Crippen molar-refractivity contribution in [1.82, 2.24) is 10.2 Å². The standard InChI is InChI=1S/C10H22N2/c1-8(2)5-10-7-12(4)6-9(3)11-10/h8-11H,5-7H2,1-4H3/t9?,10-/m1/s1. The van der Waals surface area contributed by atoms with Crippen molar-refractivity contribution in [3.05, 3.63) is 0 Å². The van der Waals surface area contributed by atoms with E-state index in [4.69, 9.17) is 0 Å². The molecule has 2 nitrogen and oxygen atoms in total. The number of nitrogens with zero attached hydrogens (tertiary/aromatic N) is 1. The molecule has 1 rings (SSSR count). The molecular weight excluding hydrogens is 148 g/mol. The van der Waals surface area contributed by atoms with Gasteiger partial charge < -0.3 is 10.2 Å². The Hall–Kier alpha value is -0.0800. The maximum atomic E-state index is 3.64. The second kappa shape index (κ2) is 4.24. The van der Waals surface area contributed by atoms with Crippen LogP contribution in [0.15, 0.2) is 0 Å². The summed E-state index contributed by atoms with van der Waals surface area (Å²) in [5, 5.41) is 3.64. The predicted molar refractivity (Wildman–Crippen MR) is 53.3 cm³/mol. The predicted octanol–water partition coefficient (Wildman–Crippen LogP) is 1.32. The Morgan fingerprint density at radius 1 is 1.42 bits per heavy atom. The first-order valence-corrected chi connectivity index (χ1v) is 5.02. The van der Waals surface area contributed by atoms with Gasteiger partial charge in [0, 0.05) is 25.2 Å². The highest BCUT2D eigenvalue weighted by Gasteiger charge is 2.21. The summed E-state index contributed by atoms with van der Waals surface area (Å²) in [6.45, 7) is 9.25. The molecule has 2 atom stereocenters. The van der Waals surface area contributed by atoms with E-state index < -0.39 is 0 Å². The van der Waals surface area contributed by atoms with Crippen LogP contribution in [0.4, 0.5) is 0 Å². The lowest BCUT2D eigenvalue weighted by Crippen LogP contribution is -2.54. The average Bonchev–Trinajstić information content (AvgIpc) is 1.81. The van der Waals surface area contributed by atoms with E-state index >= 15 is 0 Å². The summed E-state index contributed by atoms with van der Waals surface area (Å²) in [7, 11) is 2.21. The van der Waals surface area contributed by atoms with Gasteiger partial charge in [0.15, 0.2) is 0 Å². The van der Waals surface area contributed by atoms with Gasteiger partial charge in [-0.25, -0.2) is 0 Å². The quantitative estimate of drug-likeness (QED) is 0.672. The zero-order chi connectivity index (χ0) is 9.14. The Bertz CT molecular complexity index is 121. The molecular formula is C10H22N2. The third kappa shape index (κ3) is 3.11. The van der Waals surface area contributed by atoms with E-state index in [1.807, 2.05) is 0 Å². The molecule has 0 aromatic heterocycles. The summed E-state index contributed by atoms with van der Waals surface area (Å²) in [5.41, 5.74) is 0. The highest BCUT2D eigenvalue weighted by molar-refractivity contribution is 4.82. The van der Waals surface area contributed by atoms with Crippen LogP contribution < -0.4 is 5.32 Å². The van der Waals surface area contributed by atoms with E-state index in [9.17, 15) is 0 Å². The lowest BCUT2D eigenvalue weighted by atomic mass is 10.0. The molecule has 0 aromatic rings. The number of likely N-dealkylation sites (N-methyl/N-ethyl adjacent to an activating group) is 1. The van der Waals surface area contributed by atoms with Crippen molar-refractivity contribution >= 4 is 0 Å². The van der Waals surface area contributed by atoms with Gasteiger partial charge in [-0.2, -0.15) is 0 Å². The Morgan fingerprint density at radius 3 is 2.58 bits per heavy atom. The fourth-order valence-corrected chi connectivity index (χ4v) is 2.14. The second-order valence-corrected chi connectivity index (χ2v) is 4.62. The molecule has 1 aliphatic rings. The molecule has 0 saturated carbocycles. The maximum absolute atomic E-state index is 3.64. The van der Waals surface area contributed by atoms with E-state index in [0.29, 0.717) is 12.1 Å². The van der Waals surface area contributed by atoms with Crippen LogP contribution in [0.25, 0.3) is 0 Å². The number of rotatable bonds is 2. The van der Waals surface area contributed by atoms with Gasteiger partial charge in [0.1, 0.15) is 0 Å². The molecule has 1 fully saturated rings. The molecule has 1 unspecified atom stereocenters. The molecule has 0 bridgehead atoms. The van der Waals surface area contributed by atoms with Gasteiger partial charge in [0.25, 0.3) is 0 Å². The average molecular weight is 170 g/mol. The van der Waals surface area contributed by atoms with E-state index in [2.05, 4.69) is 38.0 Å². The maximum Gasteiger partial charge on any atom is 0.0200 e. The molecule has 0 spiro atoms. The molecule has 1 N–H and O–H groups in total. The molecule has 2 heteroatoms. The molecule has 1 aliphatic heterocycles. The molecule has 0 radical (unpaired) electrons. The summed E-state index contributed by atoms with van der Waals surface area (Å²) in [6.07, 6.45) is 1.30. The minimum absolute atomic E-state index is 0.660. The summed E-state index contributed by atoms with van der Waals surface area (Å²) in [6, 6.07) is 1.37. The minimum Gasteiger partial charge on any atom is -0.309 e. The monoisotopic (exact) mass is 170 g/mol. The van der Waals surface area contributed by atoms with Crippen LogP contribution in [0.5, 0.6) is 0 Å². The molecule has 0 amide bonds. The van der Waals surface area contributed by atoms with E-state index in [-0.39, 0.29) is 0 Å². The first-order chi connectivity index (χ1) is 5.58.